The lowest BCUT2D eigenvalue weighted by Gasteiger charge is -2.30. The summed E-state index contributed by atoms with van der Waals surface area (Å²) in [6, 6.07) is 8.39. The zero-order chi connectivity index (χ0) is 15.8. The van der Waals surface area contributed by atoms with E-state index in [4.69, 9.17) is 10.5 Å². The average molecular weight is 341 g/mol. The summed E-state index contributed by atoms with van der Waals surface area (Å²) >= 11 is 0. The van der Waals surface area contributed by atoms with E-state index in [0.29, 0.717) is 6.42 Å². The van der Waals surface area contributed by atoms with Gasteiger partial charge < -0.3 is 15.4 Å². The molecule has 1 fully saturated rings. The zero-order valence-electron chi connectivity index (χ0n) is 14.0. The second-order valence-electron chi connectivity index (χ2n) is 6.15. The molecule has 1 aliphatic rings. The third-order valence-electron chi connectivity index (χ3n) is 4.33. The van der Waals surface area contributed by atoms with Gasteiger partial charge in [0.15, 0.2) is 0 Å². The lowest BCUT2D eigenvalue weighted by atomic mass is 10.0. The Morgan fingerprint density at radius 1 is 1.26 bits per heavy atom. The van der Waals surface area contributed by atoms with Gasteiger partial charge in [0.2, 0.25) is 5.91 Å². The molecule has 0 bridgehead atoms. The van der Waals surface area contributed by atoms with Crippen LogP contribution in [0.25, 0.3) is 0 Å². The van der Waals surface area contributed by atoms with Crippen LogP contribution in [0.3, 0.4) is 0 Å². The first kappa shape index (κ1) is 19.8. The van der Waals surface area contributed by atoms with E-state index < -0.39 is 0 Å². The van der Waals surface area contributed by atoms with Crippen LogP contribution in [0.5, 0.6) is 5.75 Å². The van der Waals surface area contributed by atoms with Gasteiger partial charge in [0.1, 0.15) is 5.75 Å². The number of methoxy groups -OCH3 is 1. The highest BCUT2D eigenvalue weighted by molar-refractivity contribution is 5.85. The Morgan fingerprint density at radius 2 is 2.00 bits per heavy atom. The van der Waals surface area contributed by atoms with Crippen molar-refractivity contribution in [1.29, 1.82) is 0 Å². The van der Waals surface area contributed by atoms with Gasteiger partial charge in [-0.15, -0.1) is 12.4 Å². The first-order valence-corrected chi connectivity index (χ1v) is 8.35. The fourth-order valence-electron chi connectivity index (χ4n) is 2.97. The number of likely N-dealkylation sites (tertiary alicyclic amines) is 1. The maximum atomic E-state index is 12.1. The van der Waals surface area contributed by atoms with E-state index in [-0.39, 0.29) is 24.4 Å². The van der Waals surface area contributed by atoms with Gasteiger partial charge in [0.25, 0.3) is 0 Å². The average Bonchev–Trinajstić information content (AvgIpc) is 2.55. The molecule has 23 heavy (non-hydrogen) atoms. The highest BCUT2D eigenvalue weighted by Gasteiger charge is 2.20. The van der Waals surface area contributed by atoms with Crippen molar-refractivity contribution >= 4 is 18.3 Å². The van der Waals surface area contributed by atoms with Crippen molar-refractivity contribution in [3.8, 4) is 5.75 Å². The van der Waals surface area contributed by atoms with Crippen LogP contribution in [0.1, 0.15) is 44.1 Å². The molecule has 1 aromatic rings. The summed E-state index contributed by atoms with van der Waals surface area (Å²) in [4.78, 5) is 14.0. The highest BCUT2D eigenvalue weighted by atomic mass is 35.5. The minimum atomic E-state index is 0. The largest absolute Gasteiger partial charge is 0.497 e. The number of unbranched alkanes of at least 4 members (excludes halogenated alkanes) is 2. The number of rotatable bonds is 7. The normalized spacial score (nSPS) is 17.5. The van der Waals surface area contributed by atoms with E-state index in [1.54, 1.807) is 7.11 Å². The number of ether oxygens (including phenoxy) is 1. The number of nitrogens with zero attached hydrogens (tertiary/aromatic N) is 1. The van der Waals surface area contributed by atoms with E-state index in [2.05, 4.69) is 12.1 Å². The van der Waals surface area contributed by atoms with E-state index in [1.165, 1.54) is 5.56 Å². The van der Waals surface area contributed by atoms with Crippen LogP contribution in [0.15, 0.2) is 24.3 Å². The zero-order valence-corrected chi connectivity index (χ0v) is 14.8. The molecular formula is C18H29ClN2O2. The number of hydrogen-bond acceptors (Lipinski definition) is 3. The Bertz CT molecular complexity index is 465. The number of hydrogen-bond donors (Lipinski definition) is 1. The van der Waals surface area contributed by atoms with E-state index in [1.807, 2.05) is 17.0 Å². The third kappa shape index (κ3) is 6.80. The maximum Gasteiger partial charge on any atom is 0.222 e. The van der Waals surface area contributed by atoms with Crippen molar-refractivity contribution < 1.29 is 9.53 Å². The molecule has 5 heteroatoms. The summed E-state index contributed by atoms with van der Waals surface area (Å²) in [5, 5.41) is 0. The first-order valence-electron chi connectivity index (χ1n) is 8.35. The minimum absolute atomic E-state index is 0. The predicted octanol–water partition coefficient (Wildman–Crippen LogP) is 3.17. The molecule has 0 aliphatic carbocycles. The third-order valence-corrected chi connectivity index (χ3v) is 4.33. The van der Waals surface area contributed by atoms with E-state index in [0.717, 1.165) is 57.4 Å². The van der Waals surface area contributed by atoms with Crippen LogP contribution in [0.4, 0.5) is 0 Å². The Hall–Kier alpha value is -1.26. The van der Waals surface area contributed by atoms with Crippen LogP contribution in [0.2, 0.25) is 0 Å². The standard InChI is InChI=1S/C18H28N2O2.ClH/c1-22-17-11-9-15(10-12-17)6-3-2-4-8-18(21)20-13-5-7-16(19)14-20;/h9-12,16H,2-8,13-14,19H2,1H3;1H. The summed E-state index contributed by atoms with van der Waals surface area (Å²) in [6.45, 7) is 1.63. The fourth-order valence-corrected chi connectivity index (χ4v) is 2.97. The topological polar surface area (TPSA) is 55.6 Å². The molecule has 130 valence electrons. The van der Waals surface area contributed by atoms with E-state index in [9.17, 15) is 4.79 Å². The van der Waals surface area contributed by atoms with Gasteiger partial charge in [0.05, 0.1) is 7.11 Å². The van der Waals surface area contributed by atoms with Gasteiger partial charge >= 0.3 is 0 Å². The van der Waals surface area contributed by atoms with Gasteiger partial charge in [-0.25, -0.2) is 0 Å². The Labute approximate surface area is 145 Å². The van der Waals surface area contributed by atoms with Crippen LogP contribution in [-0.2, 0) is 11.2 Å². The molecule has 0 radical (unpaired) electrons. The molecule has 1 atom stereocenters. The Kier molecular flexibility index (Phi) is 9.03. The molecule has 1 aromatic carbocycles. The summed E-state index contributed by atoms with van der Waals surface area (Å²) in [7, 11) is 1.68. The summed E-state index contributed by atoms with van der Waals surface area (Å²) in [5.74, 6) is 1.17. The van der Waals surface area contributed by atoms with Crippen molar-refractivity contribution in [2.75, 3.05) is 20.2 Å². The lowest BCUT2D eigenvalue weighted by Crippen LogP contribution is -2.45. The number of nitrogens with two attached hydrogens (primary N) is 1. The van der Waals surface area contributed by atoms with E-state index >= 15 is 0 Å². The smallest absolute Gasteiger partial charge is 0.222 e. The molecule has 2 rings (SSSR count). The lowest BCUT2D eigenvalue weighted by molar-refractivity contribution is -0.132. The first-order chi connectivity index (χ1) is 10.7. The van der Waals surface area contributed by atoms with Gasteiger partial charge in [-0.1, -0.05) is 18.6 Å². The molecule has 4 nitrogen and oxygen atoms in total. The number of aryl methyl sites for hydroxylation is 1. The second-order valence-corrected chi connectivity index (χ2v) is 6.15. The molecule has 1 aliphatic heterocycles. The number of amides is 1. The number of piperidine rings is 1. The minimum Gasteiger partial charge on any atom is -0.497 e. The summed E-state index contributed by atoms with van der Waals surface area (Å²) in [5.41, 5.74) is 7.25. The maximum absolute atomic E-state index is 12.1. The number of carbonyl (C=O) groups is 1. The summed E-state index contributed by atoms with van der Waals surface area (Å²) in [6.07, 6.45) is 7.01. The van der Waals surface area contributed by atoms with Gasteiger partial charge in [-0.2, -0.15) is 0 Å². The number of benzene rings is 1. The summed E-state index contributed by atoms with van der Waals surface area (Å²) < 4.78 is 5.15. The molecule has 0 spiro atoms. The second kappa shape index (κ2) is 10.5. The van der Waals surface area contributed by atoms with Crippen molar-refractivity contribution in [3.63, 3.8) is 0 Å². The number of halogens is 1. The monoisotopic (exact) mass is 340 g/mol. The molecule has 1 heterocycles. The van der Waals surface area contributed by atoms with Crippen molar-refractivity contribution in [1.82, 2.24) is 4.90 Å². The van der Waals surface area contributed by atoms with Crippen LogP contribution < -0.4 is 10.5 Å². The SMILES string of the molecule is COc1ccc(CCCCCC(=O)N2CCCC(N)C2)cc1.Cl. The quantitative estimate of drug-likeness (QED) is 0.776. The van der Waals surface area contributed by atoms with Crippen LogP contribution in [0, 0.1) is 0 Å². The Balaban J connectivity index is 0.00000264. The van der Waals surface area contributed by atoms with Crippen molar-refractivity contribution in [2.45, 2.75) is 51.0 Å². The molecule has 1 saturated heterocycles. The molecule has 0 saturated carbocycles. The van der Waals surface area contributed by atoms with Crippen molar-refractivity contribution in [3.05, 3.63) is 29.8 Å². The van der Waals surface area contributed by atoms with Gasteiger partial charge in [-0.3, -0.25) is 4.79 Å². The van der Waals surface area contributed by atoms with Crippen LogP contribution >= 0.6 is 12.4 Å². The predicted molar refractivity (Wildman–Crippen MR) is 96.2 cm³/mol. The fraction of sp³-hybridized carbons (Fsp3) is 0.611. The molecule has 0 aromatic heterocycles. The molecule has 1 amide bonds. The number of carbonyl (C=O) groups excluding carboxylic acids is 1. The van der Waals surface area contributed by atoms with Gasteiger partial charge in [0, 0.05) is 25.6 Å². The van der Waals surface area contributed by atoms with Gasteiger partial charge in [-0.05, 0) is 49.8 Å². The molecular weight excluding hydrogens is 312 g/mol. The Morgan fingerprint density at radius 3 is 2.65 bits per heavy atom. The van der Waals surface area contributed by atoms with Crippen LogP contribution in [-0.4, -0.2) is 37.0 Å². The molecule has 1 unspecified atom stereocenters. The highest BCUT2D eigenvalue weighted by Crippen LogP contribution is 2.15. The van der Waals surface area contributed by atoms with Crippen molar-refractivity contribution in [2.24, 2.45) is 5.73 Å². The molecule has 2 N–H and O–H groups in total.